The van der Waals surface area contributed by atoms with Crippen molar-refractivity contribution in [1.82, 2.24) is 20.5 Å². The zero-order chi connectivity index (χ0) is 14.3. The zero-order valence-electron chi connectivity index (χ0n) is 12.2. The van der Waals surface area contributed by atoms with Crippen molar-refractivity contribution in [2.75, 3.05) is 0 Å². The average Bonchev–Trinajstić information content (AvgIpc) is 3.01. The molecule has 0 saturated heterocycles. The van der Waals surface area contributed by atoms with Gasteiger partial charge >= 0.3 is 0 Å². The number of aromatic nitrogens is 3. The molecule has 1 aliphatic carbocycles. The normalized spacial score (nSPS) is 22.2. The number of allylic oxidation sites excluding steroid dienone is 1. The molecule has 0 fully saturated rings. The molecule has 4 heteroatoms. The highest BCUT2D eigenvalue weighted by molar-refractivity contribution is 5.24. The second kappa shape index (κ2) is 7.18. The van der Waals surface area contributed by atoms with Crippen LogP contribution in [0.25, 0.3) is 0 Å². The van der Waals surface area contributed by atoms with Gasteiger partial charge in [0, 0.05) is 6.04 Å². The van der Waals surface area contributed by atoms with Crippen molar-refractivity contribution in [2.45, 2.75) is 44.2 Å². The lowest BCUT2D eigenvalue weighted by atomic mass is 9.99. The molecule has 1 aliphatic rings. The minimum absolute atomic E-state index is 0.0581. The van der Waals surface area contributed by atoms with E-state index >= 15 is 0 Å². The molecule has 3 rings (SSSR count). The maximum Gasteiger partial charge on any atom is 0.145 e. The first-order valence-corrected chi connectivity index (χ1v) is 7.76. The first-order chi connectivity index (χ1) is 10.4. The van der Waals surface area contributed by atoms with Crippen LogP contribution in [0.2, 0.25) is 0 Å². The minimum Gasteiger partial charge on any atom is -0.297 e. The van der Waals surface area contributed by atoms with E-state index in [4.69, 9.17) is 0 Å². The highest BCUT2D eigenvalue weighted by Crippen LogP contribution is 2.21. The molecule has 0 radical (unpaired) electrons. The van der Waals surface area contributed by atoms with Gasteiger partial charge in [0.1, 0.15) is 12.2 Å². The third-order valence-corrected chi connectivity index (χ3v) is 3.98. The van der Waals surface area contributed by atoms with Gasteiger partial charge in [0.25, 0.3) is 0 Å². The molecule has 0 aliphatic heterocycles. The molecular weight excluding hydrogens is 260 g/mol. The smallest absolute Gasteiger partial charge is 0.145 e. The summed E-state index contributed by atoms with van der Waals surface area (Å²) in [4.78, 5) is 4.35. The van der Waals surface area contributed by atoms with Crippen molar-refractivity contribution < 1.29 is 0 Å². The first-order valence-electron chi connectivity index (χ1n) is 7.76. The van der Waals surface area contributed by atoms with Gasteiger partial charge in [-0.2, -0.15) is 5.10 Å². The predicted molar refractivity (Wildman–Crippen MR) is 83.8 cm³/mol. The zero-order valence-corrected chi connectivity index (χ0v) is 12.2. The van der Waals surface area contributed by atoms with Gasteiger partial charge in [-0.1, -0.05) is 55.3 Å². The summed E-state index contributed by atoms with van der Waals surface area (Å²) >= 11 is 0. The van der Waals surface area contributed by atoms with Crippen LogP contribution in [-0.4, -0.2) is 21.2 Å². The van der Waals surface area contributed by atoms with Crippen molar-refractivity contribution in [1.29, 1.82) is 0 Å². The van der Waals surface area contributed by atoms with Gasteiger partial charge in [-0.15, -0.1) is 0 Å². The molecule has 2 N–H and O–H groups in total. The van der Waals surface area contributed by atoms with Crippen LogP contribution in [-0.2, 0) is 0 Å². The van der Waals surface area contributed by atoms with Crippen LogP contribution in [0.1, 0.15) is 49.5 Å². The molecule has 0 saturated carbocycles. The Balaban J connectivity index is 1.81. The Morgan fingerprint density at radius 2 is 2.05 bits per heavy atom. The molecule has 1 aromatic carbocycles. The molecular formula is C17H22N4. The molecule has 0 spiro atoms. The molecule has 21 heavy (non-hydrogen) atoms. The summed E-state index contributed by atoms with van der Waals surface area (Å²) in [7, 11) is 0. The number of H-pyrrole nitrogens is 1. The van der Waals surface area contributed by atoms with E-state index in [1.807, 2.05) is 6.07 Å². The van der Waals surface area contributed by atoms with Crippen LogP contribution in [0.4, 0.5) is 0 Å². The van der Waals surface area contributed by atoms with Gasteiger partial charge in [-0.25, -0.2) is 4.98 Å². The Morgan fingerprint density at radius 3 is 2.86 bits per heavy atom. The fraction of sp³-hybridized carbons (Fsp3) is 0.412. The van der Waals surface area contributed by atoms with Crippen LogP contribution in [0.3, 0.4) is 0 Å². The van der Waals surface area contributed by atoms with Gasteiger partial charge in [0.05, 0.1) is 6.04 Å². The van der Waals surface area contributed by atoms with Crippen LogP contribution in [0.15, 0.2) is 48.8 Å². The third kappa shape index (κ3) is 3.79. The summed E-state index contributed by atoms with van der Waals surface area (Å²) in [5.74, 6) is 0.872. The predicted octanol–water partition coefficient (Wildman–Crippen LogP) is 3.37. The number of hydrogen-bond acceptors (Lipinski definition) is 3. The van der Waals surface area contributed by atoms with Crippen molar-refractivity contribution >= 4 is 0 Å². The van der Waals surface area contributed by atoms with E-state index in [1.54, 1.807) is 6.33 Å². The van der Waals surface area contributed by atoms with Crippen LogP contribution >= 0.6 is 0 Å². The Labute approximate surface area is 125 Å². The number of rotatable bonds is 4. The van der Waals surface area contributed by atoms with Crippen molar-refractivity contribution in [3.63, 3.8) is 0 Å². The number of nitrogens with zero attached hydrogens (tertiary/aromatic N) is 2. The number of hydrogen-bond donors (Lipinski definition) is 2. The van der Waals surface area contributed by atoms with Gasteiger partial charge in [0.2, 0.25) is 0 Å². The van der Waals surface area contributed by atoms with Crippen molar-refractivity contribution in [2.24, 2.45) is 0 Å². The van der Waals surface area contributed by atoms with E-state index < -0.39 is 0 Å². The van der Waals surface area contributed by atoms with Gasteiger partial charge < -0.3 is 0 Å². The molecule has 1 aromatic heterocycles. The molecule has 0 bridgehead atoms. The molecule has 2 atom stereocenters. The Morgan fingerprint density at radius 1 is 1.14 bits per heavy atom. The topological polar surface area (TPSA) is 53.6 Å². The molecule has 110 valence electrons. The second-order valence-electron chi connectivity index (χ2n) is 5.55. The molecule has 1 heterocycles. The number of aromatic amines is 1. The van der Waals surface area contributed by atoms with E-state index in [-0.39, 0.29) is 6.04 Å². The summed E-state index contributed by atoms with van der Waals surface area (Å²) < 4.78 is 0. The maximum atomic E-state index is 4.35. The van der Waals surface area contributed by atoms with Crippen LogP contribution < -0.4 is 5.32 Å². The Hall–Kier alpha value is -1.94. The molecule has 2 aromatic rings. The van der Waals surface area contributed by atoms with Crippen molar-refractivity contribution in [3.8, 4) is 0 Å². The minimum atomic E-state index is 0.0581. The highest BCUT2D eigenvalue weighted by Gasteiger charge is 2.20. The maximum absolute atomic E-state index is 4.35. The van der Waals surface area contributed by atoms with E-state index in [2.05, 4.69) is 56.9 Å². The first kappa shape index (κ1) is 14.0. The lowest BCUT2D eigenvalue weighted by Gasteiger charge is -2.23. The largest absolute Gasteiger partial charge is 0.297 e. The van der Waals surface area contributed by atoms with Crippen molar-refractivity contribution in [3.05, 3.63) is 60.2 Å². The number of nitrogens with one attached hydrogen (secondary N) is 2. The summed E-state index contributed by atoms with van der Waals surface area (Å²) in [6.45, 7) is 0. The summed E-state index contributed by atoms with van der Waals surface area (Å²) in [5, 5.41) is 10.7. The SMILES string of the molecule is C1=C\C(NC(c2ccccc2)c2ncn[nH]2)CCCCC/1. The fourth-order valence-electron chi connectivity index (χ4n) is 2.85. The molecule has 0 amide bonds. The molecule has 4 nitrogen and oxygen atoms in total. The fourth-order valence-corrected chi connectivity index (χ4v) is 2.85. The lowest BCUT2D eigenvalue weighted by Crippen LogP contribution is -2.33. The van der Waals surface area contributed by atoms with E-state index in [0.717, 1.165) is 5.82 Å². The standard InChI is InChI=1S/C17H22N4/c1-2-7-11-15(12-8-3-1)20-16(17-18-13-19-21-17)14-9-5-4-6-10-14/h4-7,9-11,13,15-16,20H,1-3,8,12H2,(H,18,19,21)/b11-7-. The summed E-state index contributed by atoms with van der Waals surface area (Å²) in [6.07, 6.45) is 12.5. The van der Waals surface area contributed by atoms with Gasteiger partial charge in [-0.05, 0) is 24.8 Å². The molecule has 2 unspecified atom stereocenters. The van der Waals surface area contributed by atoms with E-state index in [9.17, 15) is 0 Å². The Bertz CT molecular complexity index is 547. The van der Waals surface area contributed by atoms with Gasteiger partial charge in [0.15, 0.2) is 0 Å². The van der Waals surface area contributed by atoms with E-state index in [1.165, 1.54) is 37.7 Å². The highest BCUT2D eigenvalue weighted by atomic mass is 15.2. The average molecular weight is 282 g/mol. The summed E-state index contributed by atoms with van der Waals surface area (Å²) in [5.41, 5.74) is 1.21. The monoisotopic (exact) mass is 282 g/mol. The Kier molecular flexibility index (Phi) is 4.79. The quantitative estimate of drug-likeness (QED) is 0.845. The third-order valence-electron chi connectivity index (χ3n) is 3.98. The second-order valence-corrected chi connectivity index (χ2v) is 5.55. The lowest BCUT2D eigenvalue weighted by molar-refractivity contribution is 0.466. The summed E-state index contributed by atoms with van der Waals surface area (Å²) in [6, 6.07) is 10.9. The van der Waals surface area contributed by atoms with Crippen LogP contribution in [0.5, 0.6) is 0 Å². The van der Waals surface area contributed by atoms with E-state index in [0.29, 0.717) is 6.04 Å². The van der Waals surface area contributed by atoms with Crippen LogP contribution in [0, 0.1) is 0 Å². The van der Waals surface area contributed by atoms with Gasteiger partial charge in [-0.3, -0.25) is 10.4 Å². The number of benzene rings is 1.